The second-order valence-electron chi connectivity index (χ2n) is 5.16. The number of halogens is 1. The molecule has 4 nitrogen and oxygen atoms in total. The second kappa shape index (κ2) is 4.80. The fourth-order valence-corrected chi connectivity index (χ4v) is 3.54. The molecule has 102 valence electrons. The maximum absolute atomic E-state index is 11.3. The fourth-order valence-electron chi connectivity index (χ4n) is 2.76. The highest BCUT2D eigenvalue weighted by atomic mass is 35.7. The number of hydrogen-bond donors (Lipinski definition) is 0. The van der Waals surface area contributed by atoms with Crippen molar-refractivity contribution in [2.24, 2.45) is 5.92 Å². The summed E-state index contributed by atoms with van der Waals surface area (Å²) in [7, 11) is 1.68. The molecule has 3 rings (SSSR count). The van der Waals surface area contributed by atoms with Gasteiger partial charge in [-0.3, -0.25) is 4.68 Å². The highest BCUT2D eigenvalue weighted by Gasteiger charge is 2.17. The van der Waals surface area contributed by atoms with E-state index in [-0.39, 0.29) is 4.90 Å². The van der Waals surface area contributed by atoms with E-state index in [2.05, 4.69) is 5.10 Å². The van der Waals surface area contributed by atoms with Gasteiger partial charge >= 0.3 is 0 Å². The number of rotatable bonds is 3. The van der Waals surface area contributed by atoms with Crippen LogP contribution in [0.5, 0.6) is 0 Å². The Bertz CT molecular complexity index is 703. The summed E-state index contributed by atoms with van der Waals surface area (Å²) >= 11 is 0. The molecule has 0 aliphatic heterocycles. The standard InChI is InChI=1S/C13H15ClN2O2S/c14-19(17,18)12-5-6-13-11(7-12)9-16(15-13)8-10-3-1-2-4-10/h5-7,9-10H,1-4,8H2. The number of aromatic nitrogens is 2. The van der Waals surface area contributed by atoms with Crippen molar-refractivity contribution >= 4 is 30.6 Å². The van der Waals surface area contributed by atoms with Gasteiger partial charge in [0.25, 0.3) is 9.05 Å². The van der Waals surface area contributed by atoms with Crippen LogP contribution < -0.4 is 0 Å². The van der Waals surface area contributed by atoms with Gasteiger partial charge in [-0.05, 0) is 37.0 Å². The van der Waals surface area contributed by atoms with Crippen LogP contribution in [0.2, 0.25) is 0 Å². The van der Waals surface area contributed by atoms with E-state index in [0.29, 0.717) is 5.92 Å². The first-order valence-electron chi connectivity index (χ1n) is 6.44. The van der Waals surface area contributed by atoms with Crippen LogP contribution in [0.3, 0.4) is 0 Å². The molecule has 1 fully saturated rings. The van der Waals surface area contributed by atoms with Crippen LogP contribution in [-0.2, 0) is 15.6 Å². The molecular formula is C13H15ClN2O2S. The average Bonchev–Trinajstić information content (AvgIpc) is 2.95. The molecule has 0 bridgehead atoms. The second-order valence-corrected chi connectivity index (χ2v) is 7.73. The summed E-state index contributed by atoms with van der Waals surface area (Å²) < 4.78 is 24.5. The lowest BCUT2D eigenvalue weighted by Crippen LogP contribution is -2.07. The van der Waals surface area contributed by atoms with Gasteiger partial charge in [0.15, 0.2) is 0 Å². The predicted octanol–water partition coefficient (Wildman–Crippen LogP) is 3.15. The van der Waals surface area contributed by atoms with Crippen LogP contribution in [0.25, 0.3) is 10.9 Å². The van der Waals surface area contributed by atoms with Crippen molar-refractivity contribution < 1.29 is 8.42 Å². The third-order valence-corrected chi connectivity index (χ3v) is 5.08. The van der Waals surface area contributed by atoms with Crippen LogP contribution in [-0.4, -0.2) is 18.2 Å². The van der Waals surface area contributed by atoms with Gasteiger partial charge in [-0.2, -0.15) is 5.10 Å². The summed E-state index contributed by atoms with van der Waals surface area (Å²) in [6, 6.07) is 4.78. The van der Waals surface area contributed by atoms with Crippen LogP contribution in [0, 0.1) is 5.92 Å². The summed E-state index contributed by atoms with van der Waals surface area (Å²) in [6.45, 7) is 0.914. The fraction of sp³-hybridized carbons (Fsp3) is 0.462. The van der Waals surface area contributed by atoms with E-state index in [9.17, 15) is 8.42 Å². The number of benzene rings is 1. The third kappa shape index (κ3) is 2.77. The summed E-state index contributed by atoms with van der Waals surface area (Å²) in [5, 5.41) is 5.30. The molecule has 1 aliphatic rings. The summed E-state index contributed by atoms with van der Waals surface area (Å²) in [4.78, 5) is 0.127. The van der Waals surface area contributed by atoms with Crippen molar-refractivity contribution in [1.29, 1.82) is 0 Å². The Balaban J connectivity index is 1.92. The molecule has 1 aliphatic carbocycles. The van der Waals surface area contributed by atoms with Crippen LogP contribution in [0.4, 0.5) is 0 Å². The highest BCUT2D eigenvalue weighted by Crippen LogP contribution is 2.27. The van der Waals surface area contributed by atoms with Crippen molar-refractivity contribution in [2.75, 3.05) is 0 Å². The van der Waals surface area contributed by atoms with Gasteiger partial charge in [-0.1, -0.05) is 12.8 Å². The van der Waals surface area contributed by atoms with E-state index in [4.69, 9.17) is 10.7 Å². The van der Waals surface area contributed by atoms with E-state index < -0.39 is 9.05 Å². The smallest absolute Gasteiger partial charge is 0.261 e. The maximum atomic E-state index is 11.3. The van der Waals surface area contributed by atoms with Gasteiger partial charge in [0, 0.05) is 28.8 Å². The van der Waals surface area contributed by atoms with Gasteiger partial charge in [0.1, 0.15) is 0 Å². The zero-order chi connectivity index (χ0) is 13.5. The molecule has 0 saturated heterocycles. The third-order valence-electron chi connectivity index (χ3n) is 3.72. The Morgan fingerprint density at radius 2 is 2.05 bits per heavy atom. The van der Waals surface area contributed by atoms with Gasteiger partial charge in [-0.25, -0.2) is 8.42 Å². The molecule has 1 aromatic carbocycles. The molecule has 0 amide bonds. The lowest BCUT2D eigenvalue weighted by Gasteiger charge is -2.07. The van der Waals surface area contributed by atoms with E-state index in [1.807, 2.05) is 10.9 Å². The van der Waals surface area contributed by atoms with Crippen LogP contribution in [0.1, 0.15) is 25.7 Å². The zero-order valence-corrected chi connectivity index (χ0v) is 12.0. The molecule has 0 radical (unpaired) electrons. The Morgan fingerprint density at radius 3 is 2.74 bits per heavy atom. The monoisotopic (exact) mass is 298 g/mol. The quantitative estimate of drug-likeness (QED) is 0.818. The minimum Gasteiger partial charge on any atom is -0.271 e. The molecule has 1 aromatic heterocycles. The van der Waals surface area contributed by atoms with E-state index >= 15 is 0 Å². The van der Waals surface area contributed by atoms with Crippen molar-refractivity contribution in [2.45, 2.75) is 37.1 Å². The Kier molecular flexibility index (Phi) is 3.27. The molecule has 1 heterocycles. The molecule has 0 unspecified atom stereocenters. The highest BCUT2D eigenvalue weighted by molar-refractivity contribution is 8.13. The molecule has 0 atom stereocenters. The van der Waals surface area contributed by atoms with Crippen LogP contribution in [0.15, 0.2) is 29.3 Å². The minimum absolute atomic E-state index is 0.127. The summed E-state index contributed by atoms with van der Waals surface area (Å²) in [6.07, 6.45) is 7.04. The summed E-state index contributed by atoms with van der Waals surface area (Å²) in [5.74, 6) is 0.700. The van der Waals surface area contributed by atoms with E-state index in [1.54, 1.807) is 12.1 Å². The molecular weight excluding hydrogens is 284 g/mol. The predicted molar refractivity (Wildman–Crippen MR) is 74.7 cm³/mol. The molecule has 19 heavy (non-hydrogen) atoms. The van der Waals surface area contributed by atoms with Crippen molar-refractivity contribution in [3.8, 4) is 0 Å². The molecule has 0 N–H and O–H groups in total. The molecule has 6 heteroatoms. The topological polar surface area (TPSA) is 52.0 Å². The Morgan fingerprint density at radius 1 is 1.32 bits per heavy atom. The zero-order valence-electron chi connectivity index (χ0n) is 10.4. The van der Waals surface area contributed by atoms with Gasteiger partial charge < -0.3 is 0 Å². The number of hydrogen-bond acceptors (Lipinski definition) is 3. The Hall–Kier alpha value is -1.07. The minimum atomic E-state index is -3.67. The van der Waals surface area contributed by atoms with Crippen molar-refractivity contribution in [3.05, 3.63) is 24.4 Å². The first-order chi connectivity index (χ1) is 9.02. The Labute approximate surface area is 116 Å². The van der Waals surface area contributed by atoms with Crippen LogP contribution >= 0.6 is 10.7 Å². The molecule has 1 saturated carbocycles. The summed E-state index contributed by atoms with van der Waals surface area (Å²) in [5.41, 5.74) is 0.807. The normalized spacial score (nSPS) is 17.3. The molecule has 2 aromatic rings. The lowest BCUT2D eigenvalue weighted by atomic mass is 10.1. The first kappa shape index (κ1) is 12.9. The SMILES string of the molecule is O=S(=O)(Cl)c1ccc2nn(CC3CCCC3)cc2c1. The first-order valence-corrected chi connectivity index (χ1v) is 8.75. The largest absolute Gasteiger partial charge is 0.271 e. The molecule has 0 spiro atoms. The number of nitrogens with zero attached hydrogens (tertiary/aromatic N) is 2. The lowest BCUT2D eigenvalue weighted by molar-refractivity contribution is 0.431. The maximum Gasteiger partial charge on any atom is 0.261 e. The van der Waals surface area contributed by atoms with Crippen molar-refractivity contribution in [3.63, 3.8) is 0 Å². The van der Waals surface area contributed by atoms with Gasteiger partial charge in [0.05, 0.1) is 10.4 Å². The van der Waals surface area contributed by atoms with Gasteiger partial charge in [0.2, 0.25) is 0 Å². The average molecular weight is 299 g/mol. The van der Waals surface area contributed by atoms with E-state index in [0.717, 1.165) is 17.4 Å². The van der Waals surface area contributed by atoms with Gasteiger partial charge in [-0.15, -0.1) is 0 Å². The van der Waals surface area contributed by atoms with Crippen molar-refractivity contribution in [1.82, 2.24) is 9.78 Å². The van der Waals surface area contributed by atoms with E-state index in [1.165, 1.54) is 31.7 Å². The number of fused-ring (bicyclic) bond motifs is 1.